The second-order valence-electron chi connectivity index (χ2n) is 4.37. The summed E-state index contributed by atoms with van der Waals surface area (Å²) >= 11 is 0. The van der Waals surface area contributed by atoms with Gasteiger partial charge >= 0.3 is 0 Å². The van der Waals surface area contributed by atoms with Gasteiger partial charge in [0, 0.05) is 13.1 Å². The van der Waals surface area contributed by atoms with Crippen molar-refractivity contribution < 1.29 is 14.3 Å². The van der Waals surface area contributed by atoms with Crippen LogP contribution in [-0.4, -0.2) is 32.7 Å². The first kappa shape index (κ1) is 16.3. The lowest BCUT2D eigenvalue weighted by molar-refractivity contribution is -0.120. The smallest absolute Gasteiger partial charge is 0.233 e. The molecular weight excluding hydrogens is 256 g/mol. The van der Waals surface area contributed by atoms with Crippen LogP contribution in [-0.2, 0) is 11.3 Å². The van der Waals surface area contributed by atoms with Crippen molar-refractivity contribution in [2.45, 2.75) is 26.8 Å². The quantitative estimate of drug-likeness (QED) is 0.723. The summed E-state index contributed by atoms with van der Waals surface area (Å²) in [7, 11) is 1.62. The lowest BCUT2D eigenvalue weighted by Gasteiger charge is -2.11. The SMILES string of the molecule is CCCNC(=O)CNCc1ccc(OC)c(OCC)c1. The normalized spacial score (nSPS) is 10.2. The summed E-state index contributed by atoms with van der Waals surface area (Å²) in [5, 5.41) is 5.93. The molecule has 0 aliphatic carbocycles. The van der Waals surface area contributed by atoms with Gasteiger partial charge in [0.15, 0.2) is 11.5 Å². The number of hydrogen-bond acceptors (Lipinski definition) is 4. The highest BCUT2D eigenvalue weighted by Gasteiger charge is 2.06. The fraction of sp³-hybridized carbons (Fsp3) is 0.533. The van der Waals surface area contributed by atoms with E-state index in [2.05, 4.69) is 10.6 Å². The Labute approximate surface area is 120 Å². The molecule has 0 aliphatic rings. The third-order valence-electron chi connectivity index (χ3n) is 2.71. The summed E-state index contributed by atoms with van der Waals surface area (Å²) in [5.41, 5.74) is 1.05. The van der Waals surface area contributed by atoms with Crippen molar-refractivity contribution in [3.05, 3.63) is 23.8 Å². The third kappa shape index (κ3) is 5.48. The highest BCUT2D eigenvalue weighted by molar-refractivity contribution is 5.77. The molecule has 0 heterocycles. The topological polar surface area (TPSA) is 59.6 Å². The summed E-state index contributed by atoms with van der Waals surface area (Å²) in [4.78, 5) is 11.4. The van der Waals surface area contributed by atoms with Crippen molar-refractivity contribution >= 4 is 5.91 Å². The van der Waals surface area contributed by atoms with Crippen molar-refractivity contribution in [1.82, 2.24) is 10.6 Å². The van der Waals surface area contributed by atoms with Crippen LogP contribution in [0.15, 0.2) is 18.2 Å². The minimum Gasteiger partial charge on any atom is -0.493 e. The van der Waals surface area contributed by atoms with Gasteiger partial charge in [0.05, 0.1) is 20.3 Å². The van der Waals surface area contributed by atoms with Gasteiger partial charge in [0.1, 0.15) is 0 Å². The minimum atomic E-state index is 0.0189. The van der Waals surface area contributed by atoms with E-state index in [1.165, 1.54) is 0 Å². The van der Waals surface area contributed by atoms with Crippen molar-refractivity contribution in [2.75, 3.05) is 26.8 Å². The van der Waals surface area contributed by atoms with Crippen LogP contribution in [0.5, 0.6) is 11.5 Å². The maximum Gasteiger partial charge on any atom is 0.233 e. The van der Waals surface area contributed by atoms with Gasteiger partial charge in [-0.2, -0.15) is 0 Å². The Morgan fingerprint density at radius 1 is 1.25 bits per heavy atom. The predicted molar refractivity (Wildman–Crippen MR) is 79.2 cm³/mol. The molecule has 1 aromatic carbocycles. The van der Waals surface area contributed by atoms with E-state index in [9.17, 15) is 4.79 Å². The Bertz CT molecular complexity index is 422. The maximum absolute atomic E-state index is 11.4. The zero-order valence-corrected chi connectivity index (χ0v) is 12.5. The molecule has 0 aliphatic heterocycles. The number of rotatable bonds is 9. The summed E-state index contributed by atoms with van der Waals surface area (Å²) in [6.45, 7) is 6.20. The molecule has 0 spiro atoms. The van der Waals surface area contributed by atoms with Gasteiger partial charge in [-0.05, 0) is 31.0 Å². The first-order chi connectivity index (χ1) is 9.71. The molecule has 2 N–H and O–H groups in total. The van der Waals surface area contributed by atoms with Crippen molar-refractivity contribution in [2.24, 2.45) is 0 Å². The Morgan fingerprint density at radius 3 is 2.70 bits per heavy atom. The van der Waals surface area contributed by atoms with Gasteiger partial charge in [-0.15, -0.1) is 0 Å². The fourth-order valence-electron chi connectivity index (χ4n) is 1.75. The standard InChI is InChI=1S/C15H24N2O3/c1-4-8-17-15(18)11-16-10-12-6-7-13(19-3)14(9-12)20-5-2/h6-7,9,16H,4-5,8,10-11H2,1-3H3,(H,17,18). The largest absolute Gasteiger partial charge is 0.493 e. The van der Waals surface area contributed by atoms with Crippen molar-refractivity contribution in [3.8, 4) is 11.5 Å². The summed E-state index contributed by atoms with van der Waals surface area (Å²) in [6.07, 6.45) is 0.946. The molecule has 112 valence electrons. The van der Waals surface area contributed by atoms with Crippen molar-refractivity contribution in [3.63, 3.8) is 0 Å². The Morgan fingerprint density at radius 2 is 2.05 bits per heavy atom. The van der Waals surface area contributed by atoms with Crippen LogP contribution in [0.25, 0.3) is 0 Å². The number of carbonyl (C=O) groups is 1. The second-order valence-corrected chi connectivity index (χ2v) is 4.37. The highest BCUT2D eigenvalue weighted by Crippen LogP contribution is 2.27. The molecule has 5 nitrogen and oxygen atoms in total. The van der Waals surface area contributed by atoms with E-state index in [-0.39, 0.29) is 5.91 Å². The number of carbonyl (C=O) groups excluding carboxylic acids is 1. The third-order valence-corrected chi connectivity index (χ3v) is 2.71. The summed E-state index contributed by atoms with van der Waals surface area (Å²) < 4.78 is 10.7. The maximum atomic E-state index is 11.4. The monoisotopic (exact) mass is 280 g/mol. The molecule has 1 amide bonds. The average molecular weight is 280 g/mol. The van der Waals surface area contributed by atoms with Gasteiger partial charge in [0.25, 0.3) is 0 Å². The first-order valence-corrected chi connectivity index (χ1v) is 6.98. The van der Waals surface area contributed by atoms with Crippen molar-refractivity contribution in [1.29, 1.82) is 0 Å². The van der Waals surface area contributed by atoms with Gasteiger partial charge in [-0.1, -0.05) is 13.0 Å². The molecule has 0 radical (unpaired) electrons. The zero-order chi connectivity index (χ0) is 14.8. The number of nitrogens with one attached hydrogen (secondary N) is 2. The Kier molecular flexibility index (Phi) is 7.50. The molecular formula is C15H24N2O3. The predicted octanol–water partition coefficient (Wildman–Crippen LogP) is 1.71. The molecule has 0 unspecified atom stereocenters. The number of hydrogen-bond donors (Lipinski definition) is 2. The Hall–Kier alpha value is -1.75. The molecule has 0 saturated heterocycles. The van der Waals surface area contributed by atoms with E-state index in [1.54, 1.807) is 7.11 Å². The van der Waals surface area contributed by atoms with E-state index in [0.29, 0.717) is 19.7 Å². The molecule has 5 heteroatoms. The highest BCUT2D eigenvalue weighted by atomic mass is 16.5. The van der Waals surface area contributed by atoms with Gasteiger partial charge in [0.2, 0.25) is 5.91 Å². The number of ether oxygens (including phenoxy) is 2. The molecule has 0 atom stereocenters. The molecule has 0 saturated carbocycles. The van der Waals surface area contributed by atoms with E-state index < -0.39 is 0 Å². The van der Waals surface area contributed by atoms with Crippen LogP contribution < -0.4 is 20.1 Å². The number of amides is 1. The zero-order valence-electron chi connectivity index (χ0n) is 12.5. The average Bonchev–Trinajstić information content (AvgIpc) is 2.46. The van der Waals surface area contributed by atoms with Crippen LogP contribution in [0.4, 0.5) is 0 Å². The first-order valence-electron chi connectivity index (χ1n) is 6.98. The van der Waals surface area contributed by atoms with Crippen LogP contribution in [0, 0.1) is 0 Å². The molecule has 0 aromatic heterocycles. The van der Waals surface area contributed by atoms with Crippen LogP contribution in [0.1, 0.15) is 25.8 Å². The van der Waals surface area contributed by atoms with Gasteiger partial charge in [-0.25, -0.2) is 0 Å². The second kappa shape index (κ2) is 9.20. The molecule has 0 bridgehead atoms. The summed E-state index contributed by atoms with van der Waals surface area (Å²) in [6, 6.07) is 5.76. The fourth-order valence-corrected chi connectivity index (χ4v) is 1.75. The van der Waals surface area contributed by atoms with Crippen LogP contribution in [0.2, 0.25) is 0 Å². The van der Waals surface area contributed by atoms with E-state index in [0.717, 1.165) is 30.0 Å². The molecule has 0 fully saturated rings. The van der Waals surface area contributed by atoms with E-state index in [4.69, 9.17) is 9.47 Å². The van der Waals surface area contributed by atoms with Crippen LogP contribution >= 0.6 is 0 Å². The van der Waals surface area contributed by atoms with Gasteiger partial charge in [-0.3, -0.25) is 4.79 Å². The molecule has 1 rings (SSSR count). The summed E-state index contributed by atoms with van der Waals surface area (Å²) in [5.74, 6) is 1.46. The molecule has 1 aromatic rings. The van der Waals surface area contributed by atoms with E-state index >= 15 is 0 Å². The lowest BCUT2D eigenvalue weighted by Crippen LogP contribution is -2.33. The number of methoxy groups -OCH3 is 1. The molecule has 20 heavy (non-hydrogen) atoms. The van der Waals surface area contributed by atoms with E-state index in [1.807, 2.05) is 32.0 Å². The van der Waals surface area contributed by atoms with Crippen LogP contribution in [0.3, 0.4) is 0 Å². The Balaban J connectivity index is 2.47. The van der Waals surface area contributed by atoms with Gasteiger partial charge < -0.3 is 20.1 Å². The minimum absolute atomic E-state index is 0.0189. The number of benzene rings is 1. The lowest BCUT2D eigenvalue weighted by atomic mass is 10.2.